The summed E-state index contributed by atoms with van der Waals surface area (Å²) in [6.45, 7) is 0.640. The summed E-state index contributed by atoms with van der Waals surface area (Å²) in [6.07, 6.45) is 6.66. The lowest BCUT2D eigenvalue weighted by atomic mass is 10.4. The summed E-state index contributed by atoms with van der Waals surface area (Å²) >= 11 is 0. The highest BCUT2D eigenvalue weighted by Gasteiger charge is 2.09. The first-order valence-corrected chi connectivity index (χ1v) is 4.12. The van der Waals surface area contributed by atoms with Crippen LogP contribution in [0.1, 0.15) is 5.76 Å². The number of carboxylic acid groups (broad SMARTS) is 1. The molecule has 0 spiro atoms. The molecular weight excluding hydrogens is 182 g/mol. The molecule has 0 amide bonds. The van der Waals surface area contributed by atoms with E-state index in [2.05, 4.69) is 5.92 Å². The third-order valence-corrected chi connectivity index (χ3v) is 1.63. The number of furan rings is 1. The van der Waals surface area contributed by atoms with Crippen LogP contribution < -0.4 is 0 Å². The van der Waals surface area contributed by atoms with Gasteiger partial charge in [-0.25, -0.2) is 0 Å². The van der Waals surface area contributed by atoms with E-state index >= 15 is 0 Å². The monoisotopic (exact) mass is 193 g/mol. The summed E-state index contributed by atoms with van der Waals surface area (Å²) in [5, 5.41) is 8.60. The van der Waals surface area contributed by atoms with Crippen molar-refractivity contribution in [2.75, 3.05) is 13.1 Å². The molecule has 0 saturated carbocycles. The van der Waals surface area contributed by atoms with Crippen molar-refractivity contribution < 1.29 is 14.3 Å². The molecule has 0 saturated heterocycles. The molecule has 0 aliphatic heterocycles. The van der Waals surface area contributed by atoms with Crippen molar-refractivity contribution in [2.45, 2.75) is 6.54 Å². The van der Waals surface area contributed by atoms with Crippen molar-refractivity contribution in [3.8, 4) is 12.3 Å². The molecule has 4 heteroatoms. The normalized spacial score (nSPS) is 10.0. The number of hydrogen-bond donors (Lipinski definition) is 1. The zero-order chi connectivity index (χ0) is 10.4. The van der Waals surface area contributed by atoms with Crippen LogP contribution in [-0.2, 0) is 11.3 Å². The molecule has 0 aliphatic rings. The van der Waals surface area contributed by atoms with E-state index in [-0.39, 0.29) is 6.54 Å². The van der Waals surface area contributed by atoms with Crippen LogP contribution >= 0.6 is 0 Å². The van der Waals surface area contributed by atoms with Crippen molar-refractivity contribution >= 4 is 5.97 Å². The Balaban J connectivity index is 2.52. The molecule has 0 atom stereocenters. The first-order chi connectivity index (χ1) is 6.72. The lowest BCUT2D eigenvalue weighted by molar-refractivity contribution is -0.138. The Kier molecular flexibility index (Phi) is 3.77. The zero-order valence-corrected chi connectivity index (χ0v) is 7.64. The predicted molar refractivity (Wildman–Crippen MR) is 50.5 cm³/mol. The predicted octanol–water partition coefficient (Wildman–Crippen LogP) is 0.799. The van der Waals surface area contributed by atoms with Gasteiger partial charge in [-0.15, -0.1) is 6.42 Å². The fourth-order valence-corrected chi connectivity index (χ4v) is 1.11. The topological polar surface area (TPSA) is 53.7 Å². The van der Waals surface area contributed by atoms with Gasteiger partial charge in [-0.05, 0) is 12.1 Å². The average Bonchev–Trinajstić information content (AvgIpc) is 2.56. The van der Waals surface area contributed by atoms with Crippen LogP contribution in [0.5, 0.6) is 0 Å². The summed E-state index contributed by atoms with van der Waals surface area (Å²) in [6, 6.07) is 3.54. The minimum absolute atomic E-state index is 0.0785. The van der Waals surface area contributed by atoms with Crippen LogP contribution in [0.15, 0.2) is 22.8 Å². The van der Waals surface area contributed by atoms with Gasteiger partial charge in [0.1, 0.15) is 5.76 Å². The molecule has 4 nitrogen and oxygen atoms in total. The number of terminal acetylenes is 1. The SMILES string of the molecule is C#CCN(CC(=O)O)Cc1ccco1. The van der Waals surface area contributed by atoms with Crippen LogP contribution in [-0.4, -0.2) is 29.1 Å². The van der Waals surface area contributed by atoms with E-state index in [1.54, 1.807) is 23.3 Å². The molecule has 0 radical (unpaired) electrons. The first kappa shape index (κ1) is 10.4. The molecule has 1 aromatic rings. The van der Waals surface area contributed by atoms with E-state index in [9.17, 15) is 4.79 Å². The molecule has 0 bridgehead atoms. The highest BCUT2D eigenvalue weighted by Crippen LogP contribution is 2.04. The van der Waals surface area contributed by atoms with E-state index in [0.29, 0.717) is 18.8 Å². The van der Waals surface area contributed by atoms with Gasteiger partial charge in [0, 0.05) is 0 Å². The molecule has 0 aliphatic carbocycles. The highest BCUT2D eigenvalue weighted by atomic mass is 16.4. The van der Waals surface area contributed by atoms with Gasteiger partial charge in [0.05, 0.1) is 25.9 Å². The second-order valence-corrected chi connectivity index (χ2v) is 2.82. The van der Waals surface area contributed by atoms with Crippen molar-refractivity contribution in [2.24, 2.45) is 0 Å². The molecule has 1 aromatic heterocycles. The average molecular weight is 193 g/mol. The molecule has 14 heavy (non-hydrogen) atoms. The number of aliphatic carboxylic acids is 1. The fourth-order valence-electron chi connectivity index (χ4n) is 1.11. The maximum Gasteiger partial charge on any atom is 0.317 e. The summed E-state index contributed by atoms with van der Waals surface area (Å²) in [5.41, 5.74) is 0. The standard InChI is InChI=1S/C10H11NO3/c1-2-5-11(8-10(12)13)7-9-4-3-6-14-9/h1,3-4,6H,5,7-8H2,(H,12,13). The van der Waals surface area contributed by atoms with Gasteiger partial charge in [0.2, 0.25) is 0 Å². The van der Waals surface area contributed by atoms with Gasteiger partial charge in [0.15, 0.2) is 0 Å². The Bertz CT molecular complexity index is 324. The van der Waals surface area contributed by atoms with Crippen molar-refractivity contribution in [1.82, 2.24) is 4.90 Å². The summed E-state index contributed by atoms with van der Waals surface area (Å²) in [4.78, 5) is 12.1. The summed E-state index contributed by atoms with van der Waals surface area (Å²) in [7, 11) is 0. The Morgan fingerprint density at radius 2 is 2.50 bits per heavy atom. The quantitative estimate of drug-likeness (QED) is 0.703. The van der Waals surface area contributed by atoms with Crippen LogP contribution in [0.4, 0.5) is 0 Å². The maximum atomic E-state index is 10.5. The largest absolute Gasteiger partial charge is 0.480 e. The number of rotatable bonds is 5. The minimum Gasteiger partial charge on any atom is -0.480 e. The van der Waals surface area contributed by atoms with Crippen LogP contribution in [0.3, 0.4) is 0 Å². The van der Waals surface area contributed by atoms with Gasteiger partial charge < -0.3 is 9.52 Å². The lowest BCUT2D eigenvalue weighted by Gasteiger charge is -2.15. The number of nitrogens with zero attached hydrogens (tertiary/aromatic N) is 1. The molecular formula is C10H11NO3. The Morgan fingerprint density at radius 1 is 1.71 bits per heavy atom. The van der Waals surface area contributed by atoms with E-state index in [0.717, 1.165) is 0 Å². The Labute approximate surface area is 82.1 Å². The first-order valence-electron chi connectivity index (χ1n) is 4.12. The fraction of sp³-hybridized carbons (Fsp3) is 0.300. The highest BCUT2D eigenvalue weighted by molar-refractivity contribution is 5.69. The van der Waals surface area contributed by atoms with Crippen LogP contribution in [0.2, 0.25) is 0 Å². The van der Waals surface area contributed by atoms with Crippen molar-refractivity contribution in [3.05, 3.63) is 24.2 Å². The van der Waals surface area contributed by atoms with Gasteiger partial charge in [-0.1, -0.05) is 5.92 Å². The Morgan fingerprint density at radius 3 is 3.00 bits per heavy atom. The van der Waals surface area contributed by atoms with Gasteiger partial charge in [0.25, 0.3) is 0 Å². The van der Waals surface area contributed by atoms with Crippen LogP contribution in [0, 0.1) is 12.3 Å². The molecule has 1 N–H and O–H groups in total. The van der Waals surface area contributed by atoms with Crippen molar-refractivity contribution in [1.29, 1.82) is 0 Å². The molecule has 1 heterocycles. The summed E-state index contributed by atoms with van der Waals surface area (Å²) in [5.74, 6) is 2.22. The smallest absolute Gasteiger partial charge is 0.317 e. The molecule has 0 unspecified atom stereocenters. The molecule has 0 aromatic carbocycles. The summed E-state index contributed by atoms with van der Waals surface area (Å²) < 4.78 is 5.09. The lowest BCUT2D eigenvalue weighted by Crippen LogP contribution is -2.29. The van der Waals surface area contributed by atoms with E-state index in [4.69, 9.17) is 15.9 Å². The van der Waals surface area contributed by atoms with E-state index in [1.807, 2.05) is 0 Å². The van der Waals surface area contributed by atoms with E-state index in [1.165, 1.54) is 0 Å². The minimum atomic E-state index is -0.896. The van der Waals surface area contributed by atoms with Gasteiger partial charge >= 0.3 is 5.97 Å². The number of carbonyl (C=O) groups is 1. The third-order valence-electron chi connectivity index (χ3n) is 1.63. The number of hydrogen-bond acceptors (Lipinski definition) is 3. The van der Waals surface area contributed by atoms with E-state index < -0.39 is 5.97 Å². The second kappa shape index (κ2) is 5.10. The van der Waals surface area contributed by atoms with Gasteiger partial charge in [-0.2, -0.15) is 0 Å². The maximum absolute atomic E-state index is 10.5. The van der Waals surface area contributed by atoms with Crippen molar-refractivity contribution in [3.63, 3.8) is 0 Å². The van der Waals surface area contributed by atoms with Gasteiger partial charge in [-0.3, -0.25) is 9.69 Å². The molecule has 0 fully saturated rings. The van der Waals surface area contributed by atoms with Crippen LogP contribution in [0.25, 0.3) is 0 Å². The number of carboxylic acids is 1. The molecule has 1 rings (SSSR count). The zero-order valence-electron chi connectivity index (χ0n) is 7.64. The second-order valence-electron chi connectivity index (χ2n) is 2.82. The third kappa shape index (κ3) is 3.33. The Hall–Kier alpha value is -1.73. The molecule has 74 valence electrons.